The largest absolute Gasteiger partial charge is 0.478 e. The molecule has 0 aliphatic heterocycles. The number of hydrogen-bond acceptors (Lipinski definition) is 6. The summed E-state index contributed by atoms with van der Waals surface area (Å²) in [6.45, 7) is 0. The van der Waals surface area contributed by atoms with Crippen LogP contribution in [-0.2, 0) is 10.0 Å². The first-order valence-electron chi connectivity index (χ1n) is 5.20. The van der Waals surface area contributed by atoms with Gasteiger partial charge in [-0.25, -0.2) is 27.3 Å². The van der Waals surface area contributed by atoms with Crippen molar-refractivity contribution < 1.29 is 22.7 Å². The van der Waals surface area contributed by atoms with E-state index in [0.29, 0.717) is 0 Å². The highest BCUT2D eigenvalue weighted by Crippen LogP contribution is 2.24. The number of anilines is 1. The van der Waals surface area contributed by atoms with Crippen molar-refractivity contribution in [2.75, 3.05) is 4.72 Å². The van der Waals surface area contributed by atoms with E-state index in [1.54, 1.807) is 0 Å². The predicted molar refractivity (Wildman–Crippen MR) is 69.0 cm³/mol. The number of carboxylic acids is 1. The minimum Gasteiger partial charge on any atom is -0.478 e. The number of aromatic carboxylic acids is 1. The van der Waals surface area contributed by atoms with Crippen molar-refractivity contribution in [3.8, 4) is 0 Å². The summed E-state index contributed by atoms with van der Waals surface area (Å²) in [6, 6.07) is 1.58. The summed E-state index contributed by atoms with van der Waals surface area (Å²) < 4.78 is 39.9. The lowest BCUT2D eigenvalue weighted by atomic mass is 10.2. The van der Waals surface area contributed by atoms with Crippen LogP contribution in [-0.4, -0.2) is 34.7 Å². The molecule has 0 radical (unpaired) electrons. The van der Waals surface area contributed by atoms with Crippen LogP contribution in [0.1, 0.15) is 10.4 Å². The fraction of sp³-hybridized carbons (Fsp3) is 0. The lowest BCUT2D eigenvalue weighted by molar-refractivity contribution is 0.0691. The fourth-order valence-electron chi connectivity index (χ4n) is 1.38. The molecule has 0 amide bonds. The zero-order valence-corrected chi connectivity index (χ0v) is 11.6. The van der Waals surface area contributed by atoms with E-state index in [9.17, 15) is 17.6 Å². The Morgan fingerprint density at radius 1 is 1.33 bits per heavy atom. The Labute approximate surface area is 122 Å². The molecule has 11 heteroatoms. The molecule has 110 valence electrons. The Morgan fingerprint density at radius 2 is 2.05 bits per heavy atom. The second-order valence-electron chi connectivity index (χ2n) is 3.64. The van der Waals surface area contributed by atoms with Crippen LogP contribution in [0.25, 0.3) is 0 Å². The summed E-state index contributed by atoms with van der Waals surface area (Å²) in [4.78, 5) is 13.5. The number of rotatable bonds is 4. The van der Waals surface area contributed by atoms with Gasteiger partial charge < -0.3 is 5.11 Å². The molecule has 0 unspecified atom stereocenters. The van der Waals surface area contributed by atoms with Crippen molar-refractivity contribution in [1.29, 1.82) is 0 Å². The van der Waals surface area contributed by atoms with E-state index in [1.807, 2.05) is 4.72 Å². The van der Waals surface area contributed by atoms with E-state index in [4.69, 9.17) is 16.7 Å². The van der Waals surface area contributed by atoms with Crippen LogP contribution in [0.3, 0.4) is 0 Å². The van der Waals surface area contributed by atoms with Gasteiger partial charge in [0.05, 0.1) is 18.0 Å². The number of benzene rings is 1. The Kier molecular flexibility index (Phi) is 4.00. The van der Waals surface area contributed by atoms with Gasteiger partial charge >= 0.3 is 5.97 Å². The molecule has 21 heavy (non-hydrogen) atoms. The second kappa shape index (κ2) is 5.58. The lowest BCUT2D eigenvalue weighted by Crippen LogP contribution is -2.18. The van der Waals surface area contributed by atoms with Gasteiger partial charge in [-0.1, -0.05) is 11.6 Å². The highest BCUT2D eigenvalue weighted by atomic mass is 35.5. The Balaban J connectivity index is 2.53. The van der Waals surface area contributed by atoms with Crippen LogP contribution in [0, 0.1) is 5.82 Å². The molecule has 1 heterocycles. The second-order valence-corrected chi connectivity index (χ2v) is 5.73. The molecule has 0 bridgehead atoms. The molecule has 0 aliphatic carbocycles. The fourth-order valence-corrected chi connectivity index (χ4v) is 2.74. The molecule has 0 spiro atoms. The maximum absolute atomic E-state index is 14.0. The molecular formula is C10H6ClFN4O4S. The molecule has 0 fully saturated rings. The van der Waals surface area contributed by atoms with Crippen molar-refractivity contribution in [2.24, 2.45) is 0 Å². The molecule has 0 saturated carbocycles. The van der Waals surface area contributed by atoms with Crippen LogP contribution >= 0.6 is 11.6 Å². The molecule has 8 nitrogen and oxygen atoms in total. The molecule has 0 saturated heterocycles. The van der Waals surface area contributed by atoms with Gasteiger partial charge in [0.2, 0.25) is 0 Å². The number of halogens is 2. The van der Waals surface area contributed by atoms with E-state index in [0.717, 1.165) is 12.1 Å². The van der Waals surface area contributed by atoms with Crippen molar-refractivity contribution in [1.82, 2.24) is 15.2 Å². The van der Waals surface area contributed by atoms with E-state index >= 15 is 0 Å². The van der Waals surface area contributed by atoms with Crippen molar-refractivity contribution in [3.05, 3.63) is 40.9 Å². The number of sulfonamides is 1. The smallest absolute Gasteiger partial charge is 0.338 e. The van der Waals surface area contributed by atoms with Crippen LogP contribution in [0.2, 0.25) is 5.02 Å². The highest BCUT2D eigenvalue weighted by molar-refractivity contribution is 7.92. The van der Waals surface area contributed by atoms with Gasteiger partial charge in [-0.2, -0.15) is 5.10 Å². The summed E-state index contributed by atoms with van der Waals surface area (Å²) in [5.74, 6) is -3.49. The van der Waals surface area contributed by atoms with E-state index < -0.39 is 38.2 Å². The summed E-state index contributed by atoms with van der Waals surface area (Å²) in [6.07, 6.45) is 2.38. The minimum absolute atomic E-state index is 0.249. The van der Waals surface area contributed by atoms with E-state index in [1.165, 1.54) is 12.4 Å². The first kappa shape index (κ1) is 15.1. The highest BCUT2D eigenvalue weighted by Gasteiger charge is 2.26. The van der Waals surface area contributed by atoms with Gasteiger partial charge in [0.15, 0.2) is 5.82 Å². The first-order chi connectivity index (χ1) is 9.81. The molecule has 1 aromatic heterocycles. The van der Waals surface area contributed by atoms with Crippen LogP contribution in [0.4, 0.5) is 10.3 Å². The molecule has 2 rings (SSSR count). The molecular weight excluding hydrogens is 327 g/mol. The third-order valence-corrected chi connectivity index (χ3v) is 3.78. The average Bonchev–Trinajstić information content (AvgIpc) is 2.41. The predicted octanol–water partition coefficient (Wildman–Crippen LogP) is 1.16. The average molecular weight is 333 g/mol. The van der Waals surface area contributed by atoms with E-state index in [2.05, 4.69) is 15.2 Å². The third-order valence-electron chi connectivity index (χ3n) is 2.23. The van der Waals surface area contributed by atoms with Gasteiger partial charge in [-0.05, 0) is 12.1 Å². The van der Waals surface area contributed by atoms with Gasteiger partial charge in [-0.15, -0.1) is 5.10 Å². The van der Waals surface area contributed by atoms with Crippen molar-refractivity contribution in [3.63, 3.8) is 0 Å². The monoisotopic (exact) mass is 332 g/mol. The van der Waals surface area contributed by atoms with Gasteiger partial charge in [-0.3, -0.25) is 0 Å². The number of nitrogens with zero attached hydrogens (tertiary/aromatic N) is 3. The Bertz CT molecular complexity index is 800. The number of hydrogen-bond donors (Lipinski definition) is 2. The van der Waals surface area contributed by atoms with Crippen LogP contribution in [0.5, 0.6) is 0 Å². The molecule has 0 aliphatic rings. The number of nitrogens with one attached hydrogen (secondary N) is 1. The van der Waals surface area contributed by atoms with Gasteiger partial charge in [0, 0.05) is 5.02 Å². The van der Waals surface area contributed by atoms with Crippen LogP contribution < -0.4 is 4.72 Å². The van der Waals surface area contributed by atoms with Crippen molar-refractivity contribution >= 4 is 33.5 Å². The molecule has 2 aromatic rings. The summed E-state index contributed by atoms with van der Waals surface area (Å²) in [7, 11) is -4.46. The van der Waals surface area contributed by atoms with Crippen molar-refractivity contribution in [2.45, 2.75) is 4.90 Å². The zero-order chi connectivity index (χ0) is 15.6. The zero-order valence-electron chi connectivity index (χ0n) is 9.99. The van der Waals surface area contributed by atoms with Gasteiger partial charge in [0.25, 0.3) is 16.0 Å². The van der Waals surface area contributed by atoms with Crippen LogP contribution in [0.15, 0.2) is 29.4 Å². The lowest BCUT2D eigenvalue weighted by Gasteiger charge is -2.09. The Hall–Kier alpha value is -2.33. The molecule has 2 N–H and O–H groups in total. The molecule has 0 atom stereocenters. The summed E-state index contributed by atoms with van der Waals surface area (Å²) >= 11 is 5.61. The quantitative estimate of drug-likeness (QED) is 0.861. The van der Waals surface area contributed by atoms with Gasteiger partial charge in [0.1, 0.15) is 4.90 Å². The summed E-state index contributed by atoms with van der Waals surface area (Å²) in [5, 5.41) is 15.3. The summed E-state index contributed by atoms with van der Waals surface area (Å²) in [5.41, 5.74) is -0.866. The SMILES string of the molecule is O=C(O)c1cc(Cl)cc(S(=O)(=O)Nc2nccnn2)c1F. The normalized spacial score (nSPS) is 11.1. The maximum Gasteiger partial charge on any atom is 0.338 e. The maximum atomic E-state index is 14.0. The standard InChI is InChI=1S/C10H6ClFN4O4S/c11-5-3-6(9(17)18)8(12)7(4-5)21(19,20)16-10-13-1-2-14-15-10/h1-4H,(H,17,18)(H,13,15,16). The van der Waals surface area contributed by atoms with E-state index in [-0.39, 0.29) is 5.02 Å². The topological polar surface area (TPSA) is 122 Å². The number of aromatic nitrogens is 3. The number of carboxylic acid groups (broad SMARTS) is 1. The number of carbonyl (C=O) groups is 1. The first-order valence-corrected chi connectivity index (χ1v) is 7.06. The minimum atomic E-state index is -4.46. The Morgan fingerprint density at radius 3 is 2.62 bits per heavy atom. The third kappa shape index (κ3) is 3.23. The molecule has 1 aromatic carbocycles.